The Morgan fingerprint density at radius 2 is 2.22 bits per heavy atom. The topological polar surface area (TPSA) is 60.1 Å². The summed E-state index contributed by atoms with van der Waals surface area (Å²) in [4.78, 5) is 11.9. The van der Waals surface area contributed by atoms with Gasteiger partial charge in [0.15, 0.2) is 0 Å². The maximum atomic E-state index is 11.9. The Hall–Kier alpha value is -1.29. The number of nitrogens with zero attached hydrogens (tertiary/aromatic N) is 1. The first kappa shape index (κ1) is 13.1. The van der Waals surface area contributed by atoms with Crippen LogP contribution in [0.2, 0.25) is 0 Å². The van der Waals surface area contributed by atoms with Gasteiger partial charge in [0.05, 0.1) is 6.54 Å². The van der Waals surface area contributed by atoms with Crippen LogP contribution in [-0.2, 0) is 18.4 Å². The molecule has 4 heteroatoms. The average Bonchev–Trinajstić information content (AvgIpc) is 2.62. The van der Waals surface area contributed by atoms with Crippen LogP contribution in [0.25, 0.3) is 0 Å². The number of hydrogen-bond donors (Lipinski definition) is 2. The second-order valence-corrected chi connectivity index (χ2v) is 5.54. The van der Waals surface area contributed by atoms with E-state index in [4.69, 9.17) is 5.73 Å². The molecule has 1 aromatic heterocycles. The zero-order valence-electron chi connectivity index (χ0n) is 11.3. The number of amides is 1. The van der Waals surface area contributed by atoms with Crippen LogP contribution in [0.1, 0.15) is 37.1 Å². The molecular weight excluding hydrogens is 226 g/mol. The molecule has 1 amide bonds. The molecule has 1 saturated carbocycles. The lowest BCUT2D eigenvalue weighted by molar-refractivity contribution is -0.124. The molecule has 1 aliphatic rings. The molecule has 1 heterocycles. The molecule has 1 fully saturated rings. The molecule has 0 saturated heterocycles. The summed E-state index contributed by atoms with van der Waals surface area (Å²) in [5.74, 6) is 0.124. The van der Waals surface area contributed by atoms with Gasteiger partial charge in [0, 0.05) is 24.9 Å². The van der Waals surface area contributed by atoms with Gasteiger partial charge in [-0.1, -0.05) is 6.42 Å². The summed E-state index contributed by atoms with van der Waals surface area (Å²) in [5.41, 5.74) is 8.20. The van der Waals surface area contributed by atoms with Crippen molar-refractivity contribution < 1.29 is 4.79 Å². The third-order valence-electron chi connectivity index (χ3n) is 4.33. The Morgan fingerprint density at radius 1 is 1.50 bits per heavy atom. The van der Waals surface area contributed by atoms with Gasteiger partial charge in [-0.15, -0.1) is 0 Å². The first-order valence-corrected chi connectivity index (χ1v) is 6.64. The highest BCUT2D eigenvalue weighted by atomic mass is 16.1. The van der Waals surface area contributed by atoms with Gasteiger partial charge in [0.2, 0.25) is 5.91 Å². The number of aromatic nitrogens is 1. The van der Waals surface area contributed by atoms with Crippen molar-refractivity contribution in [3.05, 3.63) is 23.5 Å². The molecule has 0 spiro atoms. The highest BCUT2D eigenvalue weighted by molar-refractivity contribution is 5.76. The fraction of sp³-hybridized carbons (Fsp3) is 0.643. The number of nitrogens with one attached hydrogen (secondary N) is 1. The van der Waals surface area contributed by atoms with E-state index < -0.39 is 0 Å². The zero-order chi connectivity index (χ0) is 13.2. The summed E-state index contributed by atoms with van der Waals surface area (Å²) in [6.07, 6.45) is 3.98. The van der Waals surface area contributed by atoms with E-state index in [0.717, 1.165) is 18.5 Å². The average molecular weight is 249 g/mol. The van der Waals surface area contributed by atoms with E-state index >= 15 is 0 Å². The molecule has 3 N–H and O–H groups in total. The van der Waals surface area contributed by atoms with Gasteiger partial charge in [-0.3, -0.25) is 4.79 Å². The largest absolute Gasteiger partial charge is 0.351 e. The predicted octanol–water partition coefficient (Wildman–Crippen LogP) is 1.47. The van der Waals surface area contributed by atoms with Crippen LogP contribution in [0.4, 0.5) is 0 Å². The SMILES string of the molecule is Cc1ccc(CNC(=O)CC2(CN)CCC2)n1C. The van der Waals surface area contributed by atoms with Gasteiger partial charge in [0.25, 0.3) is 0 Å². The summed E-state index contributed by atoms with van der Waals surface area (Å²) in [6.45, 7) is 3.29. The monoisotopic (exact) mass is 249 g/mol. The lowest BCUT2D eigenvalue weighted by Crippen LogP contribution is -2.41. The van der Waals surface area contributed by atoms with Crippen LogP contribution in [0.15, 0.2) is 12.1 Å². The smallest absolute Gasteiger partial charge is 0.220 e. The predicted molar refractivity (Wildman–Crippen MR) is 72.0 cm³/mol. The van der Waals surface area contributed by atoms with Gasteiger partial charge < -0.3 is 15.6 Å². The molecular formula is C14H23N3O. The second-order valence-electron chi connectivity index (χ2n) is 5.54. The normalized spacial score (nSPS) is 17.3. The molecule has 0 bridgehead atoms. The minimum absolute atomic E-state index is 0.0915. The standard InChI is InChI=1S/C14H23N3O/c1-11-4-5-12(17(11)2)9-16-13(18)8-14(10-15)6-3-7-14/h4-5H,3,6-10,15H2,1-2H3,(H,16,18). The number of aryl methyl sites for hydroxylation is 1. The van der Waals surface area contributed by atoms with Crippen molar-refractivity contribution in [3.63, 3.8) is 0 Å². The number of carbonyl (C=O) groups is 1. The molecule has 0 aromatic carbocycles. The van der Waals surface area contributed by atoms with Crippen molar-refractivity contribution in [1.29, 1.82) is 0 Å². The minimum Gasteiger partial charge on any atom is -0.351 e. The van der Waals surface area contributed by atoms with Crippen molar-refractivity contribution >= 4 is 5.91 Å². The first-order chi connectivity index (χ1) is 8.56. The molecule has 0 unspecified atom stereocenters. The van der Waals surface area contributed by atoms with Crippen LogP contribution < -0.4 is 11.1 Å². The van der Waals surface area contributed by atoms with Crippen molar-refractivity contribution in [2.45, 2.75) is 39.2 Å². The van der Waals surface area contributed by atoms with Gasteiger partial charge in [-0.25, -0.2) is 0 Å². The molecule has 0 aliphatic heterocycles. The maximum Gasteiger partial charge on any atom is 0.220 e. The summed E-state index contributed by atoms with van der Waals surface area (Å²) >= 11 is 0. The van der Waals surface area contributed by atoms with Gasteiger partial charge in [-0.05, 0) is 43.9 Å². The quantitative estimate of drug-likeness (QED) is 0.830. The second kappa shape index (κ2) is 5.14. The van der Waals surface area contributed by atoms with Gasteiger partial charge in [-0.2, -0.15) is 0 Å². The van der Waals surface area contributed by atoms with Crippen LogP contribution in [0.3, 0.4) is 0 Å². The number of rotatable bonds is 5. The zero-order valence-corrected chi connectivity index (χ0v) is 11.3. The van der Waals surface area contributed by atoms with E-state index in [1.807, 2.05) is 7.05 Å². The van der Waals surface area contributed by atoms with E-state index in [-0.39, 0.29) is 11.3 Å². The van der Waals surface area contributed by atoms with E-state index in [0.29, 0.717) is 19.5 Å². The molecule has 2 rings (SSSR count). The van der Waals surface area contributed by atoms with Crippen molar-refractivity contribution in [2.24, 2.45) is 18.2 Å². The summed E-state index contributed by atoms with van der Waals surface area (Å²) in [6, 6.07) is 4.12. The Morgan fingerprint density at radius 3 is 2.67 bits per heavy atom. The van der Waals surface area contributed by atoms with Crippen LogP contribution in [-0.4, -0.2) is 17.0 Å². The summed E-state index contributed by atoms with van der Waals surface area (Å²) < 4.78 is 2.10. The minimum atomic E-state index is 0.0915. The number of nitrogens with two attached hydrogens (primary N) is 1. The fourth-order valence-corrected chi connectivity index (χ4v) is 2.57. The highest BCUT2D eigenvalue weighted by Gasteiger charge is 2.37. The van der Waals surface area contributed by atoms with Crippen molar-refractivity contribution in [3.8, 4) is 0 Å². The summed E-state index contributed by atoms with van der Waals surface area (Å²) in [7, 11) is 2.02. The molecule has 0 radical (unpaired) electrons. The van der Waals surface area contributed by atoms with E-state index in [9.17, 15) is 4.79 Å². The fourth-order valence-electron chi connectivity index (χ4n) is 2.57. The Balaban J connectivity index is 1.83. The van der Waals surface area contributed by atoms with Crippen molar-refractivity contribution in [2.75, 3.05) is 6.54 Å². The number of carbonyl (C=O) groups excluding carboxylic acids is 1. The molecule has 0 atom stereocenters. The number of hydrogen-bond acceptors (Lipinski definition) is 2. The summed E-state index contributed by atoms with van der Waals surface area (Å²) in [5, 5.41) is 3.00. The third kappa shape index (κ3) is 2.58. The molecule has 4 nitrogen and oxygen atoms in total. The molecule has 100 valence electrons. The van der Waals surface area contributed by atoms with E-state index in [1.165, 1.54) is 12.1 Å². The van der Waals surface area contributed by atoms with E-state index in [2.05, 4.69) is 28.9 Å². The lowest BCUT2D eigenvalue weighted by atomic mass is 9.66. The van der Waals surface area contributed by atoms with Gasteiger partial charge in [0.1, 0.15) is 0 Å². The molecule has 1 aliphatic carbocycles. The third-order valence-corrected chi connectivity index (χ3v) is 4.33. The Labute approximate surface area is 109 Å². The lowest BCUT2D eigenvalue weighted by Gasteiger charge is -2.40. The van der Waals surface area contributed by atoms with Crippen LogP contribution in [0.5, 0.6) is 0 Å². The van der Waals surface area contributed by atoms with Crippen LogP contribution >= 0.6 is 0 Å². The molecule has 18 heavy (non-hydrogen) atoms. The van der Waals surface area contributed by atoms with E-state index in [1.54, 1.807) is 0 Å². The van der Waals surface area contributed by atoms with Crippen LogP contribution in [0, 0.1) is 12.3 Å². The highest BCUT2D eigenvalue weighted by Crippen LogP contribution is 2.42. The van der Waals surface area contributed by atoms with Crippen molar-refractivity contribution in [1.82, 2.24) is 9.88 Å². The van der Waals surface area contributed by atoms with Gasteiger partial charge >= 0.3 is 0 Å². The first-order valence-electron chi connectivity index (χ1n) is 6.64. The Bertz CT molecular complexity index is 427. The maximum absolute atomic E-state index is 11.9. The molecule has 1 aromatic rings. The Kier molecular flexibility index (Phi) is 3.76.